The number of hydrogen-bond acceptors (Lipinski definition) is 6. The monoisotopic (exact) mass is 289 g/mol. The van der Waals surface area contributed by atoms with Gasteiger partial charge < -0.3 is 25.4 Å². The van der Waals surface area contributed by atoms with Crippen LogP contribution in [0.5, 0.6) is 0 Å². The van der Waals surface area contributed by atoms with E-state index in [2.05, 4.69) is 19.2 Å². The maximum Gasteiger partial charge on any atom is 0.320 e. The Hall–Kier alpha value is -0.690. The van der Waals surface area contributed by atoms with Crippen molar-refractivity contribution in [1.29, 1.82) is 0 Å². The van der Waals surface area contributed by atoms with Crippen molar-refractivity contribution >= 4 is 5.97 Å². The molecule has 0 unspecified atom stereocenters. The molecule has 4 N–H and O–H groups in total. The van der Waals surface area contributed by atoms with Crippen molar-refractivity contribution < 1.29 is 24.9 Å². The van der Waals surface area contributed by atoms with Gasteiger partial charge in [0.05, 0.1) is 12.6 Å². The number of carbonyl (C=O) groups excluding carboxylic acids is 1. The smallest absolute Gasteiger partial charge is 0.320 e. The molecule has 1 aliphatic rings. The van der Waals surface area contributed by atoms with Crippen LogP contribution in [0.25, 0.3) is 0 Å². The third-order valence-corrected chi connectivity index (χ3v) is 3.95. The van der Waals surface area contributed by atoms with Crippen molar-refractivity contribution in [2.24, 2.45) is 11.8 Å². The maximum absolute atomic E-state index is 11.7. The normalized spacial score (nSPS) is 30.8. The molecular formula is C14H27NO5. The van der Waals surface area contributed by atoms with E-state index in [0.717, 1.165) is 12.8 Å². The molecule has 118 valence electrons. The molecule has 20 heavy (non-hydrogen) atoms. The summed E-state index contributed by atoms with van der Waals surface area (Å²) in [6.45, 7) is 5.87. The van der Waals surface area contributed by atoms with Crippen LogP contribution in [0, 0.1) is 11.8 Å². The van der Waals surface area contributed by atoms with Gasteiger partial charge in [-0.25, -0.2) is 0 Å². The SMILES string of the molecule is CC(C)[C@@H]1CC[C@@](C)(OC(=O)CNCC(O)O)C[C@H]1O. The van der Waals surface area contributed by atoms with Gasteiger partial charge in [-0.15, -0.1) is 0 Å². The van der Waals surface area contributed by atoms with E-state index < -0.39 is 24.0 Å². The van der Waals surface area contributed by atoms with E-state index in [1.54, 1.807) is 0 Å². The first-order valence-electron chi connectivity index (χ1n) is 7.20. The molecule has 1 aliphatic carbocycles. The van der Waals surface area contributed by atoms with Gasteiger partial charge in [-0.3, -0.25) is 4.79 Å². The van der Waals surface area contributed by atoms with Crippen LogP contribution in [-0.4, -0.2) is 52.4 Å². The summed E-state index contributed by atoms with van der Waals surface area (Å²) in [4.78, 5) is 11.7. The molecule has 0 aliphatic heterocycles. The largest absolute Gasteiger partial charge is 0.458 e. The lowest BCUT2D eigenvalue weighted by Crippen LogP contribution is -2.46. The van der Waals surface area contributed by atoms with Crippen molar-refractivity contribution in [3.63, 3.8) is 0 Å². The van der Waals surface area contributed by atoms with Crippen molar-refractivity contribution in [2.45, 2.75) is 58.0 Å². The number of rotatable bonds is 6. The molecule has 0 radical (unpaired) electrons. The summed E-state index contributed by atoms with van der Waals surface area (Å²) >= 11 is 0. The second kappa shape index (κ2) is 7.36. The van der Waals surface area contributed by atoms with Crippen LogP contribution < -0.4 is 5.32 Å². The molecule has 0 bridgehead atoms. The number of aliphatic hydroxyl groups excluding tert-OH is 2. The molecule has 0 saturated heterocycles. The van der Waals surface area contributed by atoms with Crippen LogP contribution in [-0.2, 0) is 9.53 Å². The van der Waals surface area contributed by atoms with Crippen LogP contribution in [0.3, 0.4) is 0 Å². The van der Waals surface area contributed by atoms with Gasteiger partial charge in [0.15, 0.2) is 6.29 Å². The molecule has 1 rings (SSSR count). The zero-order chi connectivity index (χ0) is 15.3. The molecule has 0 amide bonds. The number of aliphatic hydroxyl groups is 3. The Morgan fingerprint density at radius 3 is 2.60 bits per heavy atom. The Labute approximate surface area is 120 Å². The van der Waals surface area contributed by atoms with Crippen LogP contribution in [0.1, 0.15) is 40.0 Å². The Balaban J connectivity index is 2.41. The summed E-state index contributed by atoms with van der Waals surface area (Å²) in [6, 6.07) is 0. The highest BCUT2D eigenvalue weighted by Crippen LogP contribution is 2.38. The van der Waals surface area contributed by atoms with Gasteiger partial charge in [-0.2, -0.15) is 0 Å². The number of esters is 1. The zero-order valence-electron chi connectivity index (χ0n) is 12.5. The van der Waals surface area contributed by atoms with E-state index >= 15 is 0 Å². The summed E-state index contributed by atoms with van der Waals surface area (Å²) < 4.78 is 5.43. The Kier molecular flexibility index (Phi) is 6.39. The van der Waals surface area contributed by atoms with Crippen molar-refractivity contribution in [2.75, 3.05) is 13.1 Å². The summed E-state index contributed by atoms with van der Waals surface area (Å²) in [5, 5.41) is 30.1. The molecule has 0 aromatic carbocycles. The average molecular weight is 289 g/mol. The number of carbonyl (C=O) groups is 1. The lowest BCUT2D eigenvalue weighted by atomic mass is 9.73. The summed E-state index contributed by atoms with van der Waals surface area (Å²) in [5.41, 5.74) is -0.637. The van der Waals surface area contributed by atoms with Gasteiger partial charge in [0.25, 0.3) is 0 Å². The minimum Gasteiger partial charge on any atom is -0.458 e. The average Bonchev–Trinajstić information content (AvgIpc) is 2.26. The van der Waals surface area contributed by atoms with E-state index in [1.807, 2.05) is 6.92 Å². The van der Waals surface area contributed by atoms with Gasteiger partial charge in [0.1, 0.15) is 5.60 Å². The highest BCUT2D eigenvalue weighted by atomic mass is 16.6. The number of hydrogen-bond donors (Lipinski definition) is 4. The van der Waals surface area contributed by atoms with Crippen LogP contribution in [0.4, 0.5) is 0 Å². The van der Waals surface area contributed by atoms with E-state index in [4.69, 9.17) is 14.9 Å². The van der Waals surface area contributed by atoms with Crippen LogP contribution in [0.15, 0.2) is 0 Å². The molecule has 0 aromatic heterocycles. The molecule has 3 atom stereocenters. The topological polar surface area (TPSA) is 99.0 Å². The molecule has 1 fully saturated rings. The zero-order valence-corrected chi connectivity index (χ0v) is 12.5. The lowest BCUT2D eigenvalue weighted by Gasteiger charge is -2.41. The first-order chi connectivity index (χ1) is 9.23. The highest BCUT2D eigenvalue weighted by Gasteiger charge is 2.40. The second-order valence-electron chi connectivity index (χ2n) is 6.25. The Bertz CT molecular complexity index is 321. The summed E-state index contributed by atoms with van der Waals surface area (Å²) in [5.74, 6) is 0.228. The lowest BCUT2D eigenvalue weighted by molar-refractivity contribution is -0.167. The quantitative estimate of drug-likeness (QED) is 0.406. The maximum atomic E-state index is 11.7. The third-order valence-electron chi connectivity index (χ3n) is 3.95. The van der Waals surface area contributed by atoms with Gasteiger partial charge in [0.2, 0.25) is 0 Å². The molecule has 6 heteroatoms. The summed E-state index contributed by atoms with van der Waals surface area (Å²) in [7, 11) is 0. The van der Waals surface area contributed by atoms with Gasteiger partial charge in [0, 0.05) is 13.0 Å². The Morgan fingerprint density at radius 1 is 1.45 bits per heavy atom. The fraction of sp³-hybridized carbons (Fsp3) is 0.929. The minimum absolute atomic E-state index is 0.0725. The molecule has 0 heterocycles. The number of nitrogens with one attached hydrogen (secondary N) is 1. The third kappa shape index (κ3) is 5.36. The van der Waals surface area contributed by atoms with Gasteiger partial charge >= 0.3 is 5.97 Å². The van der Waals surface area contributed by atoms with Crippen LogP contribution in [0.2, 0.25) is 0 Å². The standard InChI is InChI=1S/C14H27NO5/c1-9(2)10-4-5-14(3,6-11(10)16)20-13(19)8-15-7-12(17)18/h9-12,15-18H,4-8H2,1-3H3/t10-,11+,14+/m0/s1. The predicted octanol–water partition coefficient (Wildman–Crippen LogP) is 0.00560. The predicted molar refractivity (Wildman–Crippen MR) is 73.8 cm³/mol. The van der Waals surface area contributed by atoms with E-state index in [9.17, 15) is 9.90 Å². The molecule has 0 spiro atoms. The second-order valence-corrected chi connectivity index (χ2v) is 6.25. The van der Waals surface area contributed by atoms with Gasteiger partial charge in [-0.1, -0.05) is 13.8 Å². The van der Waals surface area contributed by atoms with Crippen molar-refractivity contribution in [1.82, 2.24) is 5.32 Å². The molecule has 1 saturated carbocycles. The molecular weight excluding hydrogens is 262 g/mol. The molecule has 0 aromatic rings. The molecule has 6 nitrogen and oxygen atoms in total. The van der Waals surface area contributed by atoms with Crippen LogP contribution >= 0.6 is 0 Å². The van der Waals surface area contributed by atoms with E-state index in [1.165, 1.54) is 0 Å². The first kappa shape index (κ1) is 17.4. The first-order valence-corrected chi connectivity index (χ1v) is 7.20. The van der Waals surface area contributed by atoms with E-state index in [0.29, 0.717) is 12.3 Å². The van der Waals surface area contributed by atoms with Gasteiger partial charge in [-0.05, 0) is 31.6 Å². The number of ether oxygens (including phenoxy) is 1. The van der Waals surface area contributed by atoms with Crippen molar-refractivity contribution in [3.8, 4) is 0 Å². The highest BCUT2D eigenvalue weighted by molar-refractivity contribution is 5.72. The minimum atomic E-state index is -1.48. The summed E-state index contributed by atoms with van der Waals surface area (Å²) in [6.07, 6.45) is 0.0899. The van der Waals surface area contributed by atoms with E-state index in [-0.39, 0.29) is 19.0 Å². The Morgan fingerprint density at radius 2 is 2.10 bits per heavy atom. The van der Waals surface area contributed by atoms with Crippen molar-refractivity contribution in [3.05, 3.63) is 0 Å². The fourth-order valence-corrected chi connectivity index (χ4v) is 2.84. The fourth-order valence-electron chi connectivity index (χ4n) is 2.84.